The van der Waals surface area contributed by atoms with Crippen molar-refractivity contribution in [2.45, 2.75) is 25.8 Å². The Morgan fingerprint density at radius 3 is 1.94 bits per heavy atom. The molecule has 0 bridgehead atoms. The summed E-state index contributed by atoms with van der Waals surface area (Å²) < 4.78 is 42.4. The maximum atomic E-state index is 12.8. The zero-order valence-electron chi connectivity index (χ0n) is 9.47. The number of rotatable bonds is 2. The van der Waals surface area contributed by atoms with Gasteiger partial charge in [0.25, 0.3) is 0 Å². The Labute approximate surface area is 94.1 Å². The van der Waals surface area contributed by atoms with Crippen LogP contribution in [0.2, 0.25) is 19.6 Å². The zero-order chi connectivity index (χ0) is 12.4. The first-order valence-corrected chi connectivity index (χ1v) is 8.37. The van der Waals surface area contributed by atoms with E-state index < -0.39 is 20.1 Å². The van der Waals surface area contributed by atoms with Crippen molar-refractivity contribution in [3.05, 3.63) is 35.9 Å². The SMILES string of the molecule is C[Si](C)(C)/N=C(/c1ccccc1)C(F)(F)F. The van der Waals surface area contributed by atoms with Crippen molar-refractivity contribution in [1.82, 2.24) is 0 Å². The highest BCUT2D eigenvalue weighted by molar-refractivity contribution is 6.75. The smallest absolute Gasteiger partial charge is 0.317 e. The molecule has 0 radical (unpaired) electrons. The Morgan fingerprint density at radius 2 is 1.56 bits per heavy atom. The molecule has 88 valence electrons. The van der Waals surface area contributed by atoms with Gasteiger partial charge < -0.3 is 4.66 Å². The van der Waals surface area contributed by atoms with Gasteiger partial charge >= 0.3 is 6.18 Å². The molecule has 0 aromatic heterocycles. The van der Waals surface area contributed by atoms with Gasteiger partial charge in [0.15, 0.2) is 8.24 Å². The van der Waals surface area contributed by atoms with Crippen LogP contribution < -0.4 is 0 Å². The van der Waals surface area contributed by atoms with Gasteiger partial charge in [0.2, 0.25) is 0 Å². The van der Waals surface area contributed by atoms with Crippen molar-refractivity contribution < 1.29 is 13.2 Å². The highest BCUT2D eigenvalue weighted by Gasteiger charge is 2.37. The van der Waals surface area contributed by atoms with Crippen LogP contribution in [0.15, 0.2) is 35.0 Å². The Balaban J connectivity index is 3.24. The highest BCUT2D eigenvalue weighted by Crippen LogP contribution is 2.24. The molecule has 0 amide bonds. The van der Waals surface area contributed by atoms with Crippen molar-refractivity contribution in [2.24, 2.45) is 4.66 Å². The minimum atomic E-state index is -4.39. The summed E-state index contributed by atoms with van der Waals surface area (Å²) in [6, 6.07) is 7.73. The summed E-state index contributed by atoms with van der Waals surface area (Å²) in [5.74, 6) is 0. The number of hydrogen-bond acceptors (Lipinski definition) is 1. The second-order valence-corrected chi connectivity index (χ2v) is 9.06. The Kier molecular flexibility index (Phi) is 3.57. The summed E-state index contributed by atoms with van der Waals surface area (Å²) in [6.07, 6.45) is -4.39. The summed E-state index contributed by atoms with van der Waals surface area (Å²) in [4.78, 5) is 0. The fourth-order valence-corrected chi connectivity index (χ4v) is 2.15. The van der Waals surface area contributed by atoms with E-state index in [1.165, 1.54) is 12.1 Å². The first kappa shape index (κ1) is 13.0. The second kappa shape index (κ2) is 4.41. The second-order valence-electron chi connectivity index (χ2n) is 4.50. The zero-order valence-corrected chi connectivity index (χ0v) is 10.5. The molecule has 0 fully saturated rings. The van der Waals surface area contributed by atoms with Crippen LogP contribution in [0.3, 0.4) is 0 Å². The fourth-order valence-electron chi connectivity index (χ4n) is 1.22. The first-order chi connectivity index (χ1) is 7.20. The molecule has 0 heterocycles. The number of halogens is 3. The largest absolute Gasteiger partial charge is 0.432 e. The molecular formula is C11H14F3NSi. The van der Waals surface area contributed by atoms with E-state index >= 15 is 0 Å². The van der Waals surface area contributed by atoms with Crippen molar-refractivity contribution >= 4 is 13.9 Å². The van der Waals surface area contributed by atoms with E-state index in [0.29, 0.717) is 0 Å². The van der Waals surface area contributed by atoms with Gasteiger partial charge in [-0.25, -0.2) is 0 Å². The molecule has 0 aliphatic carbocycles. The Hall–Kier alpha value is -1.10. The van der Waals surface area contributed by atoms with Crippen LogP contribution in [0.25, 0.3) is 0 Å². The molecule has 0 saturated heterocycles. The van der Waals surface area contributed by atoms with E-state index in [4.69, 9.17) is 0 Å². The molecule has 1 nitrogen and oxygen atoms in total. The molecule has 0 N–H and O–H groups in total. The monoisotopic (exact) mass is 245 g/mol. The lowest BCUT2D eigenvalue weighted by atomic mass is 10.1. The molecule has 0 saturated carbocycles. The van der Waals surface area contributed by atoms with Crippen molar-refractivity contribution in [3.63, 3.8) is 0 Å². The topological polar surface area (TPSA) is 12.4 Å². The highest BCUT2D eigenvalue weighted by atomic mass is 28.3. The summed E-state index contributed by atoms with van der Waals surface area (Å²) in [5.41, 5.74) is -0.621. The number of nitrogens with zero attached hydrogens (tertiary/aromatic N) is 1. The average Bonchev–Trinajstić information content (AvgIpc) is 2.13. The van der Waals surface area contributed by atoms with Gasteiger partial charge in [0, 0.05) is 5.56 Å². The predicted octanol–water partition coefficient (Wildman–Crippen LogP) is 3.87. The first-order valence-electron chi connectivity index (χ1n) is 4.92. The molecule has 0 atom stereocenters. The quantitative estimate of drug-likeness (QED) is 0.554. The number of benzene rings is 1. The van der Waals surface area contributed by atoms with Crippen molar-refractivity contribution in [2.75, 3.05) is 0 Å². The minimum absolute atomic E-state index is 0.137. The normalized spacial score (nSPS) is 14.0. The third-order valence-corrected chi connectivity index (χ3v) is 2.66. The molecular weight excluding hydrogens is 231 g/mol. The van der Waals surface area contributed by atoms with E-state index in [1.807, 2.05) is 0 Å². The molecule has 0 unspecified atom stereocenters. The maximum Gasteiger partial charge on any atom is 0.432 e. The van der Waals surface area contributed by atoms with Crippen LogP contribution in [0.4, 0.5) is 13.2 Å². The van der Waals surface area contributed by atoms with E-state index in [2.05, 4.69) is 4.66 Å². The third kappa shape index (κ3) is 3.81. The molecule has 16 heavy (non-hydrogen) atoms. The van der Waals surface area contributed by atoms with Crippen molar-refractivity contribution in [1.29, 1.82) is 0 Å². The molecule has 1 aromatic rings. The predicted molar refractivity (Wildman–Crippen MR) is 62.4 cm³/mol. The molecule has 1 rings (SSSR count). The van der Waals surface area contributed by atoms with Gasteiger partial charge in [-0.3, -0.25) is 0 Å². The van der Waals surface area contributed by atoms with Crippen LogP contribution in [0, 0.1) is 0 Å². The van der Waals surface area contributed by atoms with E-state index in [1.54, 1.807) is 37.8 Å². The average molecular weight is 245 g/mol. The van der Waals surface area contributed by atoms with Gasteiger partial charge in [-0.05, 0) is 19.6 Å². The van der Waals surface area contributed by atoms with E-state index in [9.17, 15) is 13.2 Å². The summed E-state index contributed by atoms with van der Waals surface area (Å²) >= 11 is 0. The van der Waals surface area contributed by atoms with Gasteiger partial charge in [-0.1, -0.05) is 30.3 Å². The maximum absolute atomic E-state index is 12.8. The lowest BCUT2D eigenvalue weighted by molar-refractivity contribution is -0.0579. The third-order valence-electron chi connectivity index (χ3n) is 1.76. The van der Waals surface area contributed by atoms with Gasteiger partial charge in [0.1, 0.15) is 5.71 Å². The molecule has 5 heteroatoms. The van der Waals surface area contributed by atoms with Crippen LogP contribution in [0.1, 0.15) is 5.56 Å². The summed E-state index contributed by atoms with van der Waals surface area (Å²) in [5, 5.41) is 0. The lowest BCUT2D eigenvalue weighted by Gasteiger charge is -2.16. The fraction of sp³-hybridized carbons (Fsp3) is 0.364. The molecule has 1 aromatic carbocycles. The Morgan fingerprint density at radius 1 is 1.06 bits per heavy atom. The number of hydrogen-bond donors (Lipinski definition) is 0. The van der Waals surface area contributed by atoms with Gasteiger partial charge in [-0.2, -0.15) is 13.2 Å². The molecule has 0 aliphatic rings. The van der Waals surface area contributed by atoms with Crippen LogP contribution in [-0.2, 0) is 0 Å². The van der Waals surface area contributed by atoms with E-state index in [-0.39, 0.29) is 5.56 Å². The minimum Gasteiger partial charge on any atom is -0.317 e. The van der Waals surface area contributed by atoms with Crippen LogP contribution in [0.5, 0.6) is 0 Å². The molecule has 0 aliphatic heterocycles. The Bertz CT molecular complexity index is 376. The lowest BCUT2D eigenvalue weighted by Crippen LogP contribution is -2.30. The summed E-state index contributed by atoms with van der Waals surface area (Å²) in [7, 11) is -2.14. The van der Waals surface area contributed by atoms with E-state index in [0.717, 1.165) is 0 Å². The number of alkyl halides is 3. The van der Waals surface area contributed by atoms with Crippen LogP contribution >= 0.6 is 0 Å². The van der Waals surface area contributed by atoms with Gasteiger partial charge in [0.05, 0.1) is 0 Å². The molecule has 0 spiro atoms. The standard InChI is InChI=1S/C11H14F3NSi/c1-16(2,3)15-10(11(12,13)14)9-7-5-4-6-8-9/h4-8H,1-3H3/b15-10-. The van der Waals surface area contributed by atoms with Crippen LogP contribution in [-0.4, -0.2) is 20.1 Å². The van der Waals surface area contributed by atoms with Crippen molar-refractivity contribution in [3.8, 4) is 0 Å². The summed E-state index contributed by atoms with van der Waals surface area (Å²) in [6.45, 7) is 5.34. The van der Waals surface area contributed by atoms with Gasteiger partial charge in [-0.15, -0.1) is 0 Å².